The molecule has 0 aliphatic heterocycles. The van der Waals surface area contributed by atoms with Crippen LogP contribution in [0, 0.1) is 0 Å². The smallest absolute Gasteiger partial charge is 0.327 e. The lowest BCUT2D eigenvalue weighted by molar-refractivity contribution is -0.142. The first-order valence-electron chi connectivity index (χ1n) is 4.29. The summed E-state index contributed by atoms with van der Waals surface area (Å²) in [5.41, 5.74) is 0. The standard InChI is InChI=1S/C8H14F2N2O3/c1-5(13)11-6(8(14)15)3-12(2)4-7(9)10/h6-7H,3-4H2,1-2H3,(H,11,13)(H,14,15). The summed E-state index contributed by atoms with van der Waals surface area (Å²) in [5, 5.41) is 10.8. The maximum absolute atomic E-state index is 11.9. The summed E-state index contributed by atoms with van der Waals surface area (Å²) in [5.74, 6) is -1.75. The monoisotopic (exact) mass is 224 g/mol. The second-order valence-corrected chi connectivity index (χ2v) is 3.20. The largest absolute Gasteiger partial charge is 0.480 e. The highest BCUT2D eigenvalue weighted by atomic mass is 19.3. The predicted molar refractivity (Wildman–Crippen MR) is 48.7 cm³/mol. The SMILES string of the molecule is CC(=O)NC(CN(C)CC(F)F)C(=O)O. The molecule has 1 atom stereocenters. The molecule has 0 radical (unpaired) electrons. The molecule has 0 aromatic carbocycles. The fraction of sp³-hybridized carbons (Fsp3) is 0.750. The molecule has 0 saturated heterocycles. The molecule has 88 valence electrons. The van der Waals surface area contributed by atoms with Crippen LogP contribution in [-0.4, -0.2) is 54.5 Å². The van der Waals surface area contributed by atoms with E-state index in [0.717, 1.165) is 4.90 Å². The fourth-order valence-electron chi connectivity index (χ4n) is 1.05. The van der Waals surface area contributed by atoms with E-state index in [1.165, 1.54) is 14.0 Å². The molecule has 0 saturated carbocycles. The molecule has 0 fully saturated rings. The first-order chi connectivity index (χ1) is 6.82. The van der Waals surface area contributed by atoms with Crippen molar-refractivity contribution in [2.75, 3.05) is 20.1 Å². The van der Waals surface area contributed by atoms with Crippen LogP contribution < -0.4 is 5.32 Å². The Labute approximate surface area is 86.1 Å². The van der Waals surface area contributed by atoms with Gasteiger partial charge in [0.1, 0.15) is 6.04 Å². The summed E-state index contributed by atoms with van der Waals surface area (Å²) in [6.45, 7) is 0.492. The van der Waals surface area contributed by atoms with Crippen molar-refractivity contribution < 1.29 is 23.5 Å². The first kappa shape index (κ1) is 13.8. The normalized spacial score (nSPS) is 12.9. The number of alkyl halides is 2. The van der Waals surface area contributed by atoms with Gasteiger partial charge in [-0.1, -0.05) is 0 Å². The minimum atomic E-state index is -2.53. The Morgan fingerprint density at radius 3 is 2.27 bits per heavy atom. The molecule has 0 aliphatic carbocycles. The molecule has 1 unspecified atom stereocenters. The summed E-state index contributed by atoms with van der Waals surface area (Å²) in [4.78, 5) is 22.4. The lowest BCUT2D eigenvalue weighted by Crippen LogP contribution is -2.47. The van der Waals surface area contributed by atoms with E-state index in [1.807, 2.05) is 0 Å². The van der Waals surface area contributed by atoms with E-state index in [-0.39, 0.29) is 6.54 Å². The molecule has 0 heterocycles. The number of likely N-dealkylation sites (N-methyl/N-ethyl adjacent to an activating group) is 1. The molecule has 1 amide bonds. The summed E-state index contributed by atoms with van der Waals surface area (Å²) in [7, 11) is 1.36. The average Bonchev–Trinajstić information content (AvgIpc) is 1.99. The number of hydrogen-bond acceptors (Lipinski definition) is 3. The van der Waals surface area contributed by atoms with Gasteiger partial charge in [-0.2, -0.15) is 0 Å². The predicted octanol–water partition coefficient (Wildman–Crippen LogP) is -0.227. The number of nitrogens with zero attached hydrogens (tertiary/aromatic N) is 1. The molecule has 0 spiro atoms. The van der Waals surface area contributed by atoms with Crippen molar-refractivity contribution in [3.05, 3.63) is 0 Å². The Hall–Kier alpha value is -1.24. The van der Waals surface area contributed by atoms with Crippen molar-refractivity contribution in [2.45, 2.75) is 19.4 Å². The molecule has 0 aliphatic rings. The molecular weight excluding hydrogens is 210 g/mol. The van der Waals surface area contributed by atoms with E-state index in [2.05, 4.69) is 5.32 Å². The van der Waals surface area contributed by atoms with Crippen molar-refractivity contribution in [1.29, 1.82) is 0 Å². The molecule has 2 N–H and O–H groups in total. The van der Waals surface area contributed by atoms with Crippen LogP contribution in [0.25, 0.3) is 0 Å². The Bertz CT molecular complexity index is 236. The lowest BCUT2D eigenvalue weighted by Gasteiger charge is -2.21. The van der Waals surface area contributed by atoms with Crippen molar-refractivity contribution >= 4 is 11.9 Å². The van der Waals surface area contributed by atoms with E-state index in [0.29, 0.717) is 0 Å². The lowest BCUT2D eigenvalue weighted by atomic mass is 10.2. The Morgan fingerprint density at radius 1 is 1.40 bits per heavy atom. The van der Waals surface area contributed by atoms with E-state index in [1.54, 1.807) is 0 Å². The van der Waals surface area contributed by atoms with Gasteiger partial charge in [-0.15, -0.1) is 0 Å². The molecule has 0 rings (SSSR count). The number of rotatable bonds is 6. The molecular formula is C8H14F2N2O3. The van der Waals surface area contributed by atoms with Crippen molar-refractivity contribution in [3.63, 3.8) is 0 Å². The summed E-state index contributed by atoms with van der Waals surface area (Å²) in [6, 6.07) is -1.16. The van der Waals surface area contributed by atoms with Crippen LogP contribution in [-0.2, 0) is 9.59 Å². The van der Waals surface area contributed by atoms with Crippen LogP contribution in [0.2, 0.25) is 0 Å². The molecule has 0 aromatic rings. The van der Waals surface area contributed by atoms with Crippen LogP contribution in [0.1, 0.15) is 6.92 Å². The number of carboxylic acid groups (broad SMARTS) is 1. The highest BCUT2D eigenvalue weighted by molar-refractivity contribution is 5.82. The number of nitrogens with one attached hydrogen (secondary N) is 1. The highest BCUT2D eigenvalue weighted by Gasteiger charge is 2.21. The second-order valence-electron chi connectivity index (χ2n) is 3.20. The maximum atomic E-state index is 11.9. The van der Waals surface area contributed by atoms with Gasteiger partial charge in [-0.25, -0.2) is 13.6 Å². The number of aliphatic carboxylic acids is 1. The number of amides is 1. The minimum Gasteiger partial charge on any atom is -0.480 e. The molecule has 7 heteroatoms. The average molecular weight is 224 g/mol. The number of halogens is 2. The number of hydrogen-bond donors (Lipinski definition) is 2. The van der Waals surface area contributed by atoms with E-state index < -0.39 is 30.9 Å². The maximum Gasteiger partial charge on any atom is 0.327 e. The first-order valence-corrected chi connectivity index (χ1v) is 4.29. The Balaban J connectivity index is 4.16. The van der Waals surface area contributed by atoms with Crippen molar-refractivity contribution in [2.24, 2.45) is 0 Å². The quantitative estimate of drug-likeness (QED) is 0.654. The summed E-state index contributed by atoms with van der Waals surface area (Å²) in [6.07, 6.45) is -2.53. The molecule has 15 heavy (non-hydrogen) atoms. The third kappa shape index (κ3) is 6.78. The van der Waals surface area contributed by atoms with Crippen LogP contribution >= 0.6 is 0 Å². The number of carbonyl (C=O) groups is 2. The van der Waals surface area contributed by atoms with Crippen LogP contribution in [0.5, 0.6) is 0 Å². The second kappa shape index (κ2) is 6.28. The zero-order valence-corrected chi connectivity index (χ0v) is 8.54. The molecule has 5 nitrogen and oxygen atoms in total. The molecule has 0 aromatic heterocycles. The van der Waals surface area contributed by atoms with Crippen LogP contribution in [0.15, 0.2) is 0 Å². The van der Waals surface area contributed by atoms with E-state index >= 15 is 0 Å². The van der Waals surface area contributed by atoms with Gasteiger partial charge in [-0.05, 0) is 7.05 Å². The third-order valence-corrected chi connectivity index (χ3v) is 1.62. The molecule has 0 bridgehead atoms. The zero-order chi connectivity index (χ0) is 12.0. The van der Waals surface area contributed by atoms with Crippen molar-refractivity contribution in [3.8, 4) is 0 Å². The Kier molecular flexibility index (Phi) is 5.76. The van der Waals surface area contributed by atoms with Gasteiger partial charge in [-0.3, -0.25) is 9.69 Å². The van der Waals surface area contributed by atoms with Gasteiger partial charge in [0.25, 0.3) is 6.43 Å². The summed E-state index contributed by atoms with van der Waals surface area (Å²) < 4.78 is 23.8. The van der Waals surface area contributed by atoms with Crippen LogP contribution in [0.3, 0.4) is 0 Å². The fourth-order valence-corrected chi connectivity index (χ4v) is 1.05. The van der Waals surface area contributed by atoms with Gasteiger partial charge < -0.3 is 10.4 Å². The van der Waals surface area contributed by atoms with Gasteiger partial charge in [0.15, 0.2) is 0 Å². The van der Waals surface area contributed by atoms with E-state index in [9.17, 15) is 18.4 Å². The van der Waals surface area contributed by atoms with Gasteiger partial charge >= 0.3 is 5.97 Å². The van der Waals surface area contributed by atoms with Gasteiger partial charge in [0.2, 0.25) is 5.91 Å². The number of carbonyl (C=O) groups excluding carboxylic acids is 1. The Morgan fingerprint density at radius 2 is 1.93 bits per heavy atom. The highest BCUT2D eigenvalue weighted by Crippen LogP contribution is 1.97. The zero-order valence-electron chi connectivity index (χ0n) is 8.54. The number of carboxylic acids is 1. The minimum absolute atomic E-state index is 0.154. The van der Waals surface area contributed by atoms with Crippen LogP contribution in [0.4, 0.5) is 8.78 Å². The van der Waals surface area contributed by atoms with Crippen molar-refractivity contribution in [1.82, 2.24) is 10.2 Å². The van der Waals surface area contributed by atoms with Gasteiger partial charge in [0.05, 0.1) is 6.54 Å². The third-order valence-electron chi connectivity index (χ3n) is 1.62. The summed E-state index contributed by atoms with van der Waals surface area (Å²) >= 11 is 0. The topological polar surface area (TPSA) is 69.6 Å². The van der Waals surface area contributed by atoms with E-state index in [4.69, 9.17) is 5.11 Å². The van der Waals surface area contributed by atoms with Gasteiger partial charge in [0, 0.05) is 13.5 Å².